The lowest BCUT2D eigenvalue weighted by Gasteiger charge is -2.34. The lowest BCUT2D eigenvalue weighted by atomic mass is 9.89. The fourth-order valence-corrected chi connectivity index (χ4v) is 5.63. The molecule has 2 saturated carbocycles. The Labute approximate surface area is 224 Å². The third kappa shape index (κ3) is 6.75. The van der Waals surface area contributed by atoms with E-state index in [9.17, 15) is 14.4 Å². The molecule has 2 aliphatic rings. The number of halogens is 1. The average Bonchev–Trinajstić information content (AvgIpc) is 3.13. The summed E-state index contributed by atoms with van der Waals surface area (Å²) in [5.41, 5.74) is 3.33. The Morgan fingerprint density at radius 3 is 2.43 bits per heavy atom. The minimum Gasteiger partial charge on any atom is -0.464 e. The van der Waals surface area contributed by atoms with E-state index in [0.29, 0.717) is 41.4 Å². The number of carbonyl (C=O) groups excluding carboxylic acids is 3. The molecule has 200 valence electrons. The van der Waals surface area contributed by atoms with Gasteiger partial charge in [-0.15, -0.1) is 0 Å². The Hall–Kier alpha value is -2.80. The van der Waals surface area contributed by atoms with E-state index >= 15 is 0 Å². The maximum absolute atomic E-state index is 13.3. The van der Waals surface area contributed by atoms with Crippen LogP contribution in [0, 0.1) is 12.8 Å². The minimum atomic E-state index is -0.375. The van der Waals surface area contributed by atoms with Gasteiger partial charge in [-0.25, -0.2) is 0 Å². The smallest absolute Gasteiger partial charge is 0.293 e. The van der Waals surface area contributed by atoms with E-state index in [4.69, 9.17) is 16.3 Å². The highest BCUT2D eigenvalue weighted by Crippen LogP contribution is 2.33. The van der Waals surface area contributed by atoms with E-state index in [1.807, 2.05) is 45.9 Å². The molecule has 2 amide bonds. The molecule has 0 aliphatic heterocycles. The second-order valence-corrected chi connectivity index (χ2v) is 12.0. The first-order valence-electron chi connectivity index (χ1n) is 13.3. The van der Waals surface area contributed by atoms with Crippen LogP contribution >= 0.6 is 11.6 Å². The maximum Gasteiger partial charge on any atom is 0.293 e. The molecule has 1 aromatic heterocycles. The number of hydrogen-bond acceptors (Lipinski definition) is 4. The summed E-state index contributed by atoms with van der Waals surface area (Å²) in [6.07, 6.45) is 7.21. The summed E-state index contributed by atoms with van der Waals surface area (Å²) in [6, 6.07) is 7.30. The van der Waals surface area contributed by atoms with Crippen LogP contribution in [-0.2, 0) is 16.1 Å². The number of nitrogens with zero attached hydrogens (tertiary/aromatic N) is 1. The number of nitrogens with one attached hydrogen (secondary N) is 2. The topological polar surface area (TPSA) is 89.4 Å². The largest absolute Gasteiger partial charge is 0.464 e. The second kappa shape index (κ2) is 11.3. The van der Waals surface area contributed by atoms with Crippen molar-refractivity contribution in [1.29, 1.82) is 0 Å². The second-order valence-electron chi connectivity index (χ2n) is 11.6. The molecule has 0 bridgehead atoms. The number of rotatable bonds is 8. The standard InChI is InChI=1S/C29H38ClN3O4/c1-18-25(28(36)31-23-13-24(14-23)37-17-34)15-26(33(18)16-19-8-6-5-7-9-19)20-10-21(12-22(30)11-20)27(35)32-29(2,3)4/h10-12,15,17,19,23-24H,5-9,13-14,16H2,1-4H3,(H,31,36)(H,32,35). The van der Waals surface area contributed by atoms with Crippen LogP contribution in [0.2, 0.25) is 5.02 Å². The molecular weight excluding hydrogens is 490 g/mol. The van der Waals surface area contributed by atoms with Crippen molar-refractivity contribution < 1.29 is 19.1 Å². The van der Waals surface area contributed by atoms with Gasteiger partial charge >= 0.3 is 0 Å². The number of benzene rings is 1. The first kappa shape index (κ1) is 27.2. The quantitative estimate of drug-likeness (QED) is 0.433. The fraction of sp³-hybridized carbons (Fsp3) is 0.552. The van der Waals surface area contributed by atoms with Crippen LogP contribution in [0.15, 0.2) is 24.3 Å². The predicted octanol–water partition coefficient (Wildman–Crippen LogP) is 5.66. The zero-order chi connectivity index (χ0) is 26.7. The Morgan fingerprint density at radius 1 is 1.08 bits per heavy atom. The van der Waals surface area contributed by atoms with E-state index in [1.165, 1.54) is 32.1 Å². The molecule has 37 heavy (non-hydrogen) atoms. The van der Waals surface area contributed by atoms with Crippen molar-refractivity contribution in [1.82, 2.24) is 15.2 Å². The van der Waals surface area contributed by atoms with Gasteiger partial charge in [0.25, 0.3) is 18.3 Å². The van der Waals surface area contributed by atoms with Crippen molar-refractivity contribution in [3.05, 3.63) is 46.1 Å². The molecule has 0 spiro atoms. The molecule has 2 fully saturated rings. The van der Waals surface area contributed by atoms with Crippen LogP contribution in [0.5, 0.6) is 0 Å². The van der Waals surface area contributed by atoms with E-state index < -0.39 is 0 Å². The van der Waals surface area contributed by atoms with Crippen LogP contribution < -0.4 is 10.6 Å². The van der Waals surface area contributed by atoms with Gasteiger partial charge < -0.3 is 19.9 Å². The Kier molecular flexibility index (Phi) is 8.32. The SMILES string of the molecule is Cc1c(C(=O)NC2CC(OC=O)C2)cc(-c2cc(Cl)cc(C(=O)NC(C)(C)C)c2)n1CC1CCCCC1. The molecule has 4 rings (SSSR count). The number of hydrogen-bond donors (Lipinski definition) is 2. The Bertz CT molecular complexity index is 1150. The molecule has 7 nitrogen and oxygen atoms in total. The molecule has 2 aliphatic carbocycles. The number of aromatic nitrogens is 1. The summed E-state index contributed by atoms with van der Waals surface area (Å²) >= 11 is 6.50. The third-order valence-electron chi connectivity index (χ3n) is 7.40. The van der Waals surface area contributed by atoms with Crippen molar-refractivity contribution in [2.75, 3.05) is 0 Å². The maximum atomic E-state index is 13.3. The van der Waals surface area contributed by atoms with Gasteiger partial charge in [0.05, 0.1) is 5.56 Å². The highest BCUT2D eigenvalue weighted by molar-refractivity contribution is 6.31. The highest BCUT2D eigenvalue weighted by Gasteiger charge is 2.33. The summed E-state index contributed by atoms with van der Waals surface area (Å²) in [7, 11) is 0. The molecule has 0 saturated heterocycles. The average molecular weight is 528 g/mol. The van der Waals surface area contributed by atoms with Gasteiger partial charge in [-0.1, -0.05) is 30.9 Å². The van der Waals surface area contributed by atoms with Crippen LogP contribution in [-0.4, -0.2) is 40.5 Å². The molecule has 2 aromatic rings. The predicted molar refractivity (Wildman–Crippen MR) is 145 cm³/mol. The van der Waals surface area contributed by atoms with Gasteiger partial charge in [0.15, 0.2) is 0 Å². The van der Waals surface area contributed by atoms with Gasteiger partial charge in [-0.3, -0.25) is 14.4 Å². The van der Waals surface area contributed by atoms with Crippen molar-refractivity contribution in [3.63, 3.8) is 0 Å². The first-order chi connectivity index (χ1) is 17.5. The molecule has 0 radical (unpaired) electrons. The summed E-state index contributed by atoms with van der Waals surface area (Å²) in [5, 5.41) is 6.56. The number of ether oxygens (including phenoxy) is 1. The Morgan fingerprint density at radius 2 is 1.78 bits per heavy atom. The lowest BCUT2D eigenvalue weighted by molar-refractivity contribution is -0.138. The van der Waals surface area contributed by atoms with Crippen molar-refractivity contribution in [2.45, 2.75) is 96.9 Å². The van der Waals surface area contributed by atoms with Gasteiger partial charge in [0.2, 0.25) is 0 Å². The summed E-state index contributed by atoms with van der Waals surface area (Å²) in [6.45, 7) is 9.09. The van der Waals surface area contributed by atoms with E-state index in [-0.39, 0.29) is 29.5 Å². The normalized spacial score (nSPS) is 20.1. The zero-order valence-electron chi connectivity index (χ0n) is 22.2. The van der Waals surface area contributed by atoms with E-state index in [2.05, 4.69) is 15.2 Å². The summed E-state index contributed by atoms with van der Waals surface area (Å²) in [4.78, 5) is 36.8. The molecule has 0 atom stereocenters. The monoisotopic (exact) mass is 527 g/mol. The Balaban J connectivity index is 1.66. The van der Waals surface area contributed by atoms with Crippen LogP contribution in [0.25, 0.3) is 11.3 Å². The van der Waals surface area contributed by atoms with Crippen LogP contribution in [0.3, 0.4) is 0 Å². The molecular formula is C29H38ClN3O4. The van der Waals surface area contributed by atoms with Crippen molar-refractivity contribution in [3.8, 4) is 11.3 Å². The van der Waals surface area contributed by atoms with Crippen molar-refractivity contribution >= 4 is 29.9 Å². The van der Waals surface area contributed by atoms with Crippen molar-refractivity contribution in [2.24, 2.45) is 5.92 Å². The van der Waals surface area contributed by atoms with Gasteiger partial charge in [-0.05, 0) is 70.7 Å². The molecule has 2 N–H and O–H groups in total. The van der Waals surface area contributed by atoms with E-state index in [1.54, 1.807) is 6.07 Å². The minimum absolute atomic E-state index is 0.0131. The summed E-state index contributed by atoms with van der Waals surface area (Å²) in [5.74, 6) is 0.224. The van der Waals surface area contributed by atoms with Gasteiger partial charge in [0.1, 0.15) is 6.10 Å². The van der Waals surface area contributed by atoms with E-state index in [0.717, 1.165) is 23.5 Å². The van der Waals surface area contributed by atoms with Gasteiger partial charge in [-0.2, -0.15) is 0 Å². The number of carbonyl (C=O) groups is 3. The highest BCUT2D eigenvalue weighted by atomic mass is 35.5. The number of amides is 2. The van der Waals surface area contributed by atoms with Crippen LogP contribution in [0.1, 0.15) is 92.1 Å². The molecule has 0 unspecified atom stereocenters. The summed E-state index contributed by atoms with van der Waals surface area (Å²) < 4.78 is 7.20. The lowest BCUT2D eigenvalue weighted by Crippen LogP contribution is -2.47. The first-order valence-corrected chi connectivity index (χ1v) is 13.7. The van der Waals surface area contributed by atoms with Gasteiger partial charge in [0, 0.05) is 58.5 Å². The molecule has 1 heterocycles. The molecule has 8 heteroatoms. The third-order valence-corrected chi connectivity index (χ3v) is 7.62. The van der Waals surface area contributed by atoms with Crippen LogP contribution in [0.4, 0.5) is 0 Å². The fourth-order valence-electron chi connectivity index (χ4n) is 5.40. The zero-order valence-corrected chi connectivity index (χ0v) is 23.0. The molecule has 1 aromatic carbocycles.